The van der Waals surface area contributed by atoms with Crippen molar-refractivity contribution in [3.05, 3.63) is 29.7 Å². The van der Waals surface area contributed by atoms with Gasteiger partial charge in [-0.25, -0.2) is 4.39 Å². The Morgan fingerprint density at radius 1 is 1.29 bits per heavy atom. The number of halogens is 4. The fourth-order valence-corrected chi connectivity index (χ4v) is 7.19. The number of fused-ring (bicyclic) bond motifs is 2. The van der Waals surface area contributed by atoms with Crippen LogP contribution in [0.15, 0.2) is 22.7 Å². The smallest absolute Gasteiger partial charge is 0.378 e. The van der Waals surface area contributed by atoms with Crippen molar-refractivity contribution in [3.63, 3.8) is 0 Å². The molecule has 7 nitrogen and oxygen atoms in total. The Balaban J connectivity index is 1.31. The monoisotopic (exact) mass is 552 g/mol. The molecular formula is C26H30F4N5O2S+. The van der Waals surface area contributed by atoms with Crippen LogP contribution in [0.3, 0.4) is 0 Å². The van der Waals surface area contributed by atoms with Gasteiger partial charge in [0.05, 0.1) is 47.4 Å². The van der Waals surface area contributed by atoms with E-state index in [1.807, 2.05) is 0 Å². The number of nitrogens with zero attached hydrogens (tertiary/aromatic N) is 3. The lowest BCUT2D eigenvalue weighted by molar-refractivity contribution is -0.828. The molecule has 1 aliphatic carbocycles. The normalized spacial score (nSPS) is 28.8. The molecule has 3 fully saturated rings. The molecule has 2 aromatic heterocycles. The lowest BCUT2D eigenvalue weighted by atomic mass is 9.93. The van der Waals surface area contributed by atoms with Crippen molar-refractivity contribution in [2.75, 3.05) is 18.9 Å². The van der Waals surface area contributed by atoms with E-state index in [2.05, 4.69) is 34.7 Å². The number of carbonyl (C=O) groups excluding carboxylic acids is 1. The first-order valence-electron chi connectivity index (χ1n) is 13.0. The van der Waals surface area contributed by atoms with Gasteiger partial charge in [-0.15, -0.1) is 11.3 Å². The third-order valence-electron chi connectivity index (χ3n) is 8.36. The minimum atomic E-state index is -4.45. The predicted octanol–water partition coefficient (Wildman–Crippen LogP) is 5.21. The van der Waals surface area contributed by atoms with Gasteiger partial charge in [-0.3, -0.25) is 4.79 Å². The molecule has 1 saturated carbocycles. The van der Waals surface area contributed by atoms with Crippen LogP contribution in [0.2, 0.25) is 0 Å². The number of benzene rings is 1. The van der Waals surface area contributed by atoms with Crippen molar-refractivity contribution < 1.29 is 31.4 Å². The van der Waals surface area contributed by atoms with Gasteiger partial charge in [0, 0.05) is 12.3 Å². The highest BCUT2D eigenvalue weighted by Crippen LogP contribution is 2.47. The van der Waals surface area contributed by atoms with Crippen molar-refractivity contribution in [2.24, 2.45) is 5.92 Å². The van der Waals surface area contributed by atoms with Gasteiger partial charge in [0.2, 0.25) is 17.6 Å². The Morgan fingerprint density at radius 3 is 2.79 bits per heavy atom. The van der Waals surface area contributed by atoms with Crippen LogP contribution in [0.1, 0.15) is 44.1 Å². The second-order valence-corrected chi connectivity index (χ2v) is 12.0. The number of aromatic nitrogens is 2. The highest BCUT2D eigenvalue weighted by atomic mass is 32.1. The van der Waals surface area contributed by atoms with Crippen LogP contribution in [0.4, 0.5) is 23.2 Å². The number of rotatable bonds is 8. The average Bonchev–Trinajstić information content (AvgIpc) is 3.75. The molecule has 5 unspecified atom stereocenters. The molecule has 4 heterocycles. The number of likely N-dealkylation sites (N-methyl/N-ethyl adjacent to an activating group) is 1. The number of thiophene rings is 1. The van der Waals surface area contributed by atoms with Gasteiger partial charge in [-0.05, 0) is 36.3 Å². The fraction of sp³-hybridized carbons (Fsp3) is 0.577. The van der Waals surface area contributed by atoms with Gasteiger partial charge in [0.25, 0.3) is 0 Å². The van der Waals surface area contributed by atoms with Gasteiger partial charge in [-0.2, -0.15) is 18.2 Å². The van der Waals surface area contributed by atoms with Crippen molar-refractivity contribution in [3.8, 4) is 10.7 Å². The first-order valence-corrected chi connectivity index (χ1v) is 13.9. The lowest BCUT2D eigenvalue weighted by Gasteiger charge is -2.36. The number of quaternary nitrogens is 1. The summed E-state index contributed by atoms with van der Waals surface area (Å²) in [6.45, 7) is 2.96. The zero-order valence-electron chi connectivity index (χ0n) is 21.1. The standard InChI is InChI=1S/C26H29F4N5O2S/c1-3-14-9-18(21(27)19-12-35(14,19)2)32-17-6-4-5-15-16(10-26(28,29)30)23(38-22(15)17)24-33-20(37-34-24)11-31-25(36)13-7-8-13/h4-6,13-14,18-19,21,32H,3,7-12H2,1-2H3/p+1. The van der Waals surface area contributed by atoms with Crippen LogP contribution in [0.5, 0.6) is 0 Å². The molecule has 1 amide bonds. The van der Waals surface area contributed by atoms with Crippen molar-refractivity contribution in [2.45, 2.75) is 76.0 Å². The number of carbonyl (C=O) groups is 1. The minimum Gasteiger partial charge on any atom is -0.378 e. The van der Waals surface area contributed by atoms with Crippen LogP contribution in [0.25, 0.3) is 20.8 Å². The molecule has 0 radical (unpaired) electrons. The number of hydrogen-bond acceptors (Lipinski definition) is 6. The van der Waals surface area contributed by atoms with Crippen molar-refractivity contribution in [1.82, 2.24) is 15.5 Å². The summed E-state index contributed by atoms with van der Waals surface area (Å²) >= 11 is 1.14. The van der Waals surface area contributed by atoms with Gasteiger partial charge < -0.3 is 19.6 Å². The number of nitrogens with one attached hydrogen (secondary N) is 2. The van der Waals surface area contributed by atoms with E-state index in [9.17, 15) is 18.0 Å². The number of hydrogen-bond donors (Lipinski definition) is 2. The molecule has 38 heavy (non-hydrogen) atoms. The SMILES string of the molecule is CCC1CC(Nc2cccc3c(CC(F)(F)F)c(-c4noc(CNC(=O)C5CC5)n4)sc23)C(F)C2C[N+]12C. The van der Waals surface area contributed by atoms with E-state index < -0.39 is 24.8 Å². The van der Waals surface area contributed by atoms with E-state index >= 15 is 4.39 Å². The van der Waals surface area contributed by atoms with Gasteiger partial charge >= 0.3 is 6.18 Å². The molecule has 6 rings (SSSR count). The topological polar surface area (TPSA) is 80.0 Å². The van der Waals surface area contributed by atoms with E-state index in [1.165, 1.54) is 0 Å². The van der Waals surface area contributed by atoms with E-state index in [0.29, 0.717) is 28.2 Å². The quantitative estimate of drug-likeness (QED) is 0.228. The third kappa shape index (κ3) is 4.66. The third-order valence-corrected chi connectivity index (χ3v) is 9.63. The van der Waals surface area contributed by atoms with Gasteiger partial charge in [0.1, 0.15) is 6.54 Å². The Bertz CT molecular complexity index is 1370. The molecule has 3 aliphatic rings. The Kier molecular flexibility index (Phi) is 6.17. The zero-order chi connectivity index (χ0) is 26.8. The minimum absolute atomic E-state index is 0.0117. The summed E-state index contributed by atoms with van der Waals surface area (Å²) in [5, 5.41) is 10.4. The molecule has 2 aliphatic heterocycles. The maximum absolute atomic E-state index is 15.4. The number of amides is 1. The fourth-order valence-electron chi connectivity index (χ4n) is 5.97. The van der Waals surface area contributed by atoms with Gasteiger partial charge in [0.15, 0.2) is 12.2 Å². The van der Waals surface area contributed by atoms with Crippen LogP contribution in [-0.4, -0.2) is 64.6 Å². The molecule has 5 atom stereocenters. The van der Waals surface area contributed by atoms with Crippen LogP contribution in [0, 0.1) is 5.92 Å². The summed E-state index contributed by atoms with van der Waals surface area (Å²) in [5.41, 5.74) is 0.677. The molecule has 12 heteroatoms. The maximum Gasteiger partial charge on any atom is 0.393 e. The van der Waals surface area contributed by atoms with Gasteiger partial charge in [-0.1, -0.05) is 24.2 Å². The molecule has 2 N–H and O–H groups in total. The van der Waals surface area contributed by atoms with Crippen LogP contribution >= 0.6 is 11.3 Å². The highest BCUT2D eigenvalue weighted by Gasteiger charge is 2.65. The summed E-state index contributed by atoms with van der Waals surface area (Å²) in [6, 6.07) is 5.03. The Labute approximate surface area is 221 Å². The number of alkyl halides is 4. The summed E-state index contributed by atoms with van der Waals surface area (Å²) in [4.78, 5) is 16.5. The molecule has 0 bridgehead atoms. The molecular weight excluding hydrogens is 522 g/mol. The summed E-state index contributed by atoms with van der Waals surface area (Å²) in [5.74, 6) is 0.0915. The first-order chi connectivity index (χ1) is 18.1. The summed E-state index contributed by atoms with van der Waals surface area (Å²) in [6.07, 6.45) is -3.33. The van der Waals surface area contributed by atoms with Crippen LogP contribution < -0.4 is 10.6 Å². The molecule has 204 valence electrons. The zero-order valence-corrected chi connectivity index (χ0v) is 22.0. The average molecular weight is 553 g/mol. The highest BCUT2D eigenvalue weighted by molar-refractivity contribution is 7.23. The van der Waals surface area contributed by atoms with E-state index in [-0.39, 0.29) is 46.6 Å². The summed E-state index contributed by atoms with van der Waals surface area (Å²) in [7, 11) is 2.11. The number of piperidine rings is 1. The molecule has 2 saturated heterocycles. The predicted molar refractivity (Wildman–Crippen MR) is 135 cm³/mol. The second-order valence-electron chi connectivity index (χ2n) is 11.0. The number of anilines is 1. The molecule has 1 aromatic carbocycles. The van der Waals surface area contributed by atoms with E-state index in [0.717, 1.165) is 41.6 Å². The molecule has 3 aromatic rings. The van der Waals surface area contributed by atoms with Crippen LogP contribution in [-0.2, 0) is 17.8 Å². The van der Waals surface area contributed by atoms with Crippen molar-refractivity contribution in [1.29, 1.82) is 0 Å². The maximum atomic E-state index is 15.4. The summed E-state index contributed by atoms with van der Waals surface area (Å²) < 4.78 is 63.0. The second kappa shape index (κ2) is 9.18. The largest absolute Gasteiger partial charge is 0.393 e. The first kappa shape index (κ1) is 25.5. The lowest BCUT2D eigenvalue weighted by Crippen LogP contribution is -2.52. The van der Waals surface area contributed by atoms with Crippen molar-refractivity contribution >= 4 is 33.0 Å². The van der Waals surface area contributed by atoms with E-state index in [1.54, 1.807) is 18.2 Å². The molecule has 0 spiro atoms. The Morgan fingerprint density at radius 2 is 2.08 bits per heavy atom. The Hall–Kier alpha value is -2.73. The van der Waals surface area contributed by atoms with E-state index in [4.69, 9.17) is 4.52 Å².